The lowest BCUT2D eigenvalue weighted by atomic mass is 9.74. The van der Waals surface area contributed by atoms with Crippen molar-refractivity contribution in [2.75, 3.05) is 6.61 Å². The fourth-order valence-electron chi connectivity index (χ4n) is 2.35. The molecule has 21 heavy (non-hydrogen) atoms. The average Bonchev–Trinajstić information content (AvgIpc) is 2.50. The first-order valence-corrected chi connectivity index (χ1v) is 6.65. The first kappa shape index (κ1) is 14.8. The van der Waals surface area contributed by atoms with Gasteiger partial charge >= 0.3 is 11.9 Å². The fraction of sp³-hybridized carbons (Fsp3) is 0.176. The minimum atomic E-state index is -1.85. The van der Waals surface area contributed by atoms with Gasteiger partial charge in [-0.2, -0.15) is 0 Å². The highest BCUT2D eigenvalue weighted by atomic mass is 16.5. The predicted molar refractivity (Wildman–Crippen MR) is 77.9 cm³/mol. The van der Waals surface area contributed by atoms with Gasteiger partial charge in [0.15, 0.2) is 0 Å². The van der Waals surface area contributed by atoms with Crippen LogP contribution in [0.1, 0.15) is 18.1 Å². The number of carboxylic acids is 1. The molecule has 2 aromatic rings. The molecule has 4 nitrogen and oxygen atoms in total. The monoisotopic (exact) mass is 284 g/mol. The lowest BCUT2D eigenvalue weighted by molar-refractivity contribution is -0.159. The van der Waals surface area contributed by atoms with Crippen molar-refractivity contribution in [3.05, 3.63) is 71.8 Å². The van der Waals surface area contributed by atoms with Crippen LogP contribution in [0.3, 0.4) is 0 Å². The molecule has 0 heterocycles. The van der Waals surface area contributed by atoms with Crippen molar-refractivity contribution >= 4 is 11.9 Å². The molecule has 0 unspecified atom stereocenters. The Kier molecular flexibility index (Phi) is 4.38. The molecule has 0 spiro atoms. The minimum absolute atomic E-state index is 0.119. The van der Waals surface area contributed by atoms with Crippen LogP contribution < -0.4 is 0 Å². The first-order valence-electron chi connectivity index (χ1n) is 6.65. The number of carbonyl (C=O) groups excluding carboxylic acids is 1. The van der Waals surface area contributed by atoms with Crippen LogP contribution in [0.15, 0.2) is 60.7 Å². The molecule has 1 N–H and O–H groups in total. The van der Waals surface area contributed by atoms with Gasteiger partial charge in [-0.1, -0.05) is 60.7 Å². The standard InChI is InChI=1S/C17H16O4/c1-2-21-16(20)17(15(18)19,13-9-5-3-6-10-13)14-11-7-4-8-12-14/h3-12H,2H2,1H3,(H,18,19). The Morgan fingerprint density at radius 1 is 0.952 bits per heavy atom. The normalized spacial score (nSPS) is 10.9. The molecule has 0 saturated carbocycles. The molecular weight excluding hydrogens is 268 g/mol. The Morgan fingerprint density at radius 2 is 1.38 bits per heavy atom. The number of esters is 1. The van der Waals surface area contributed by atoms with Gasteiger partial charge in [0.2, 0.25) is 5.41 Å². The maximum Gasteiger partial charge on any atom is 0.332 e. The highest BCUT2D eigenvalue weighted by molar-refractivity contribution is 6.09. The maximum atomic E-state index is 12.5. The molecule has 0 aliphatic heterocycles. The Morgan fingerprint density at radius 3 is 1.71 bits per heavy atom. The summed E-state index contributed by atoms with van der Waals surface area (Å²) in [5, 5.41) is 9.83. The summed E-state index contributed by atoms with van der Waals surface area (Å²) in [4.78, 5) is 24.5. The van der Waals surface area contributed by atoms with Gasteiger partial charge in [-0.25, -0.2) is 0 Å². The van der Waals surface area contributed by atoms with E-state index >= 15 is 0 Å². The molecular formula is C17H16O4. The molecule has 0 aliphatic carbocycles. The number of carbonyl (C=O) groups is 2. The summed E-state index contributed by atoms with van der Waals surface area (Å²) in [7, 11) is 0. The molecule has 4 heteroatoms. The summed E-state index contributed by atoms with van der Waals surface area (Å²) in [6.07, 6.45) is 0. The molecule has 0 aliphatic rings. The van der Waals surface area contributed by atoms with Crippen molar-refractivity contribution in [2.45, 2.75) is 12.3 Å². The van der Waals surface area contributed by atoms with E-state index in [1.54, 1.807) is 67.6 Å². The van der Waals surface area contributed by atoms with E-state index in [-0.39, 0.29) is 6.61 Å². The number of aliphatic carboxylic acids is 1. The van der Waals surface area contributed by atoms with Gasteiger partial charge < -0.3 is 9.84 Å². The summed E-state index contributed by atoms with van der Waals surface area (Å²) in [5.74, 6) is -2.03. The van der Waals surface area contributed by atoms with Crippen LogP contribution in [-0.2, 0) is 19.7 Å². The topological polar surface area (TPSA) is 63.6 Å². The van der Waals surface area contributed by atoms with Crippen LogP contribution in [0.5, 0.6) is 0 Å². The Bertz CT molecular complexity index is 580. The van der Waals surface area contributed by atoms with Gasteiger partial charge in [-0.15, -0.1) is 0 Å². The van der Waals surface area contributed by atoms with Gasteiger partial charge in [0, 0.05) is 0 Å². The average molecular weight is 284 g/mol. The van der Waals surface area contributed by atoms with E-state index in [0.29, 0.717) is 11.1 Å². The third-order valence-corrected chi connectivity index (χ3v) is 3.32. The molecule has 0 fully saturated rings. The number of benzene rings is 2. The van der Waals surface area contributed by atoms with Crippen molar-refractivity contribution in [3.8, 4) is 0 Å². The highest BCUT2D eigenvalue weighted by Gasteiger charge is 2.51. The molecule has 0 radical (unpaired) electrons. The van der Waals surface area contributed by atoms with E-state index in [0.717, 1.165) is 0 Å². The van der Waals surface area contributed by atoms with Crippen LogP contribution in [-0.4, -0.2) is 23.7 Å². The summed E-state index contributed by atoms with van der Waals surface area (Å²) >= 11 is 0. The maximum absolute atomic E-state index is 12.5. The van der Waals surface area contributed by atoms with Crippen LogP contribution in [0.2, 0.25) is 0 Å². The molecule has 108 valence electrons. The molecule has 2 aromatic carbocycles. The van der Waals surface area contributed by atoms with Crippen molar-refractivity contribution < 1.29 is 19.4 Å². The first-order chi connectivity index (χ1) is 10.1. The second kappa shape index (κ2) is 6.22. The second-order valence-electron chi connectivity index (χ2n) is 4.51. The van der Waals surface area contributed by atoms with Crippen molar-refractivity contribution in [1.29, 1.82) is 0 Å². The third-order valence-electron chi connectivity index (χ3n) is 3.32. The second-order valence-corrected chi connectivity index (χ2v) is 4.51. The van der Waals surface area contributed by atoms with Crippen molar-refractivity contribution in [3.63, 3.8) is 0 Å². The smallest absolute Gasteiger partial charge is 0.332 e. The lowest BCUT2D eigenvalue weighted by Crippen LogP contribution is -2.46. The summed E-state index contributed by atoms with van der Waals surface area (Å²) in [6, 6.07) is 16.8. The zero-order valence-corrected chi connectivity index (χ0v) is 11.7. The fourth-order valence-corrected chi connectivity index (χ4v) is 2.35. The Hall–Kier alpha value is -2.62. The number of rotatable bonds is 5. The zero-order chi connectivity index (χ0) is 15.3. The van der Waals surface area contributed by atoms with Crippen LogP contribution in [0.4, 0.5) is 0 Å². The molecule has 0 aromatic heterocycles. The van der Waals surface area contributed by atoms with Gasteiger partial charge in [0.25, 0.3) is 0 Å². The van der Waals surface area contributed by atoms with E-state index in [2.05, 4.69) is 0 Å². The van der Waals surface area contributed by atoms with E-state index in [1.165, 1.54) is 0 Å². The molecule has 0 saturated heterocycles. The summed E-state index contributed by atoms with van der Waals surface area (Å²) < 4.78 is 5.06. The Balaban J connectivity index is 2.73. The predicted octanol–water partition coefficient (Wildman–Crippen LogP) is 2.62. The van der Waals surface area contributed by atoms with Gasteiger partial charge in [0.05, 0.1) is 6.61 Å². The number of hydrogen-bond acceptors (Lipinski definition) is 3. The number of ether oxygens (including phenoxy) is 1. The largest absolute Gasteiger partial charge is 0.480 e. The molecule has 0 atom stereocenters. The van der Waals surface area contributed by atoms with E-state index in [1.807, 2.05) is 0 Å². The van der Waals surface area contributed by atoms with E-state index < -0.39 is 17.4 Å². The third kappa shape index (κ3) is 2.52. The molecule has 0 bridgehead atoms. The summed E-state index contributed by atoms with van der Waals surface area (Å²) in [6.45, 7) is 1.77. The molecule has 2 rings (SSSR count). The SMILES string of the molecule is CCOC(=O)C(C(=O)O)(c1ccccc1)c1ccccc1. The van der Waals surface area contributed by atoms with Crippen molar-refractivity contribution in [1.82, 2.24) is 0 Å². The lowest BCUT2D eigenvalue weighted by Gasteiger charge is -2.28. The minimum Gasteiger partial charge on any atom is -0.480 e. The van der Waals surface area contributed by atoms with E-state index in [4.69, 9.17) is 4.74 Å². The highest BCUT2D eigenvalue weighted by Crippen LogP contribution is 2.34. The van der Waals surface area contributed by atoms with Crippen LogP contribution in [0.25, 0.3) is 0 Å². The van der Waals surface area contributed by atoms with Crippen LogP contribution >= 0.6 is 0 Å². The van der Waals surface area contributed by atoms with E-state index in [9.17, 15) is 14.7 Å². The molecule has 0 amide bonds. The van der Waals surface area contributed by atoms with Gasteiger partial charge in [-0.3, -0.25) is 9.59 Å². The number of hydrogen-bond donors (Lipinski definition) is 1. The quantitative estimate of drug-likeness (QED) is 0.677. The van der Waals surface area contributed by atoms with Gasteiger partial charge in [-0.05, 0) is 18.1 Å². The number of carboxylic acid groups (broad SMARTS) is 1. The Labute approximate surface area is 123 Å². The zero-order valence-electron chi connectivity index (χ0n) is 11.7. The summed E-state index contributed by atoms with van der Waals surface area (Å²) in [5.41, 5.74) is -1.09. The van der Waals surface area contributed by atoms with Crippen molar-refractivity contribution in [2.24, 2.45) is 0 Å². The van der Waals surface area contributed by atoms with Crippen LogP contribution in [0, 0.1) is 0 Å². The van der Waals surface area contributed by atoms with Gasteiger partial charge in [0.1, 0.15) is 0 Å².